The molecule has 0 amide bonds. The molecule has 9 heteroatoms. The SMILES string of the molecule is Nc1ccc(Nc2nc(Oc3ccc(-c4ccncc4)cc3Cl)c3[nH]cnc3n2)cc1. The Balaban J connectivity index is 1.47. The van der Waals surface area contributed by atoms with Crippen LogP contribution < -0.4 is 15.8 Å². The van der Waals surface area contributed by atoms with Crippen LogP contribution in [0, 0.1) is 0 Å². The minimum absolute atomic E-state index is 0.305. The van der Waals surface area contributed by atoms with Gasteiger partial charge in [0.25, 0.3) is 5.88 Å². The van der Waals surface area contributed by atoms with E-state index in [0.29, 0.717) is 39.5 Å². The average Bonchev–Trinajstić information content (AvgIpc) is 3.26. The number of nitrogens with zero attached hydrogens (tertiary/aromatic N) is 4. The molecule has 8 nitrogen and oxygen atoms in total. The van der Waals surface area contributed by atoms with Gasteiger partial charge in [-0.25, -0.2) is 4.98 Å². The van der Waals surface area contributed by atoms with E-state index in [2.05, 4.69) is 30.2 Å². The number of ether oxygens (including phenoxy) is 1. The van der Waals surface area contributed by atoms with E-state index in [-0.39, 0.29) is 0 Å². The molecule has 0 unspecified atom stereocenters. The van der Waals surface area contributed by atoms with Crippen LogP contribution in [0.3, 0.4) is 0 Å². The number of aromatic nitrogens is 5. The number of fused-ring (bicyclic) bond motifs is 1. The van der Waals surface area contributed by atoms with E-state index in [1.807, 2.05) is 36.4 Å². The number of benzene rings is 2. The number of rotatable bonds is 5. The number of imidazole rings is 1. The van der Waals surface area contributed by atoms with Gasteiger partial charge in [0.1, 0.15) is 11.3 Å². The van der Waals surface area contributed by atoms with Crippen molar-refractivity contribution in [1.82, 2.24) is 24.9 Å². The highest BCUT2D eigenvalue weighted by Crippen LogP contribution is 2.35. The highest BCUT2D eigenvalue weighted by molar-refractivity contribution is 6.32. The summed E-state index contributed by atoms with van der Waals surface area (Å²) in [5, 5.41) is 3.59. The summed E-state index contributed by atoms with van der Waals surface area (Å²) in [6, 6.07) is 16.6. The summed E-state index contributed by atoms with van der Waals surface area (Å²) >= 11 is 6.50. The Hall–Kier alpha value is -4.17. The lowest BCUT2D eigenvalue weighted by molar-refractivity contribution is 0.468. The summed E-state index contributed by atoms with van der Waals surface area (Å²) in [6.07, 6.45) is 5.01. The van der Waals surface area contributed by atoms with Gasteiger partial charge in [0.2, 0.25) is 5.95 Å². The van der Waals surface area contributed by atoms with E-state index in [0.717, 1.165) is 16.8 Å². The Kier molecular flexibility index (Phi) is 4.81. The van der Waals surface area contributed by atoms with Crippen LogP contribution in [0.4, 0.5) is 17.3 Å². The molecule has 0 aliphatic rings. The summed E-state index contributed by atoms with van der Waals surface area (Å²) < 4.78 is 6.04. The molecule has 31 heavy (non-hydrogen) atoms. The Morgan fingerprint density at radius 1 is 0.935 bits per heavy atom. The standard InChI is InChI=1S/C22H16ClN7O/c23-17-11-14(13-7-9-25-10-8-13)1-6-18(17)31-21-19-20(27-12-26-19)29-22(30-21)28-16-4-2-15(24)3-5-16/h1-12H,24H2,(H2,26,27,28,29,30). The maximum atomic E-state index is 6.50. The molecule has 5 aromatic rings. The zero-order valence-electron chi connectivity index (χ0n) is 16.1. The smallest absolute Gasteiger partial charge is 0.250 e. The van der Waals surface area contributed by atoms with Crippen LogP contribution in [0.2, 0.25) is 5.02 Å². The quantitative estimate of drug-likeness (QED) is 0.329. The van der Waals surface area contributed by atoms with Gasteiger partial charge in [-0.2, -0.15) is 9.97 Å². The van der Waals surface area contributed by atoms with E-state index in [1.54, 1.807) is 30.6 Å². The normalized spacial score (nSPS) is 10.9. The molecule has 0 saturated heterocycles. The molecule has 0 saturated carbocycles. The maximum Gasteiger partial charge on any atom is 0.250 e. The van der Waals surface area contributed by atoms with Gasteiger partial charge in [-0.05, 0) is 59.7 Å². The number of hydrogen-bond donors (Lipinski definition) is 3. The first-order valence-corrected chi connectivity index (χ1v) is 9.75. The molecule has 3 aromatic heterocycles. The molecule has 5 rings (SSSR count). The molecule has 0 aliphatic heterocycles. The number of halogens is 1. The number of hydrogen-bond acceptors (Lipinski definition) is 7. The molecule has 0 spiro atoms. The second-order valence-electron chi connectivity index (χ2n) is 6.68. The van der Waals surface area contributed by atoms with Gasteiger partial charge in [0.15, 0.2) is 5.65 Å². The molecule has 0 radical (unpaired) electrons. The first kappa shape index (κ1) is 18.8. The summed E-state index contributed by atoms with van der Waals surface area (Å²) in [7, 11) is 0. The van der Waals surface area contributed by atoms with Gasteiger partial charge in [0, 0.05) is 23.8 Å². The molecule has 0 bridgehead atoms. The molecular weight excluding hydrogens is 414 g/mol. The average molecular weight is 430 g/mol. The fraction of sp³-hybridized carbons (Fsp3) is 0. The first-order valence-electron chi connectivity index (χ1n) is 9.37. The third-order valence-electron chi connectivity index (χ3n) is 4.57. The van der Waals surface area contributed by atoms with Gasteiger partial charge in [-0.1, -0.05) is 17.7 Å². The van der Waals surface area contributed by atoms with Crippen molar-refractivity contribution in [2.24, 2.45) is 0 Å². The Morgan fingerprint density at radius 2 is 1.74 bits per heavy atom. The monoisotopic (exact) mass is 429 g/mol. The number of anilines is 3. The second kappa shape index (κ2) is 7.92. The summed E-state index contributed by atoms with van der Waals surface area (Å²) in [5.74, 6) is 1.11. The van der Waals surface area contributed by atoms with E-state index in [1.165, 1.54) is 6.33 Å². The first-order chi connectivity index (χ1) is 15.2. The lowest BCUT2D eigenvalue weighted by Gasteiger charge is -2.11. The minimum atomic E-state index is 0.305. The van der Waals surface area contributed by atoms with Gasteiger partial charge in [0.05, 0.1) is 11.3 Å². The number of nitrogens with one attached hydrogen (secondary N) is 2. The molecule has 0 fully saturated rings. The topological polar surface area (TPSA) is 115 Å². The van der Waals surface area contributed by atoms with Crippen LogP contribution in [0.15, 0.2) is 73.3 Å². The Morgan fingerprint density at radius 3 is 2.52 bits per heavy atom. The zero-order valence-corrected chi connectivity index (χ0v) is 16.8. The number of pyridine rings is 1. The fourth-order valence-corrected chi connectivity index (χ4v) is 3.26. The van der Waals surface area contributed by atoms with Crippen LogP contribution in [0.1, 0.15) is 0 Å². The van der Waals surface area contributed by atoms with Crippen LogP contribution in [-0.2, 0) is 0 Å². The van der Waals surface area contributed by atoms with Crippen molar-refractivity contribution in [3.05, 3.63) is 78.3 Å². The van der Waals surface area contributed by atoms with Gasteiger partial charge < -0.3 is 20.8 Å². The third kappa shape index (κ3) is 3.96. The van der Waals surface area contributed by atoms with Crippen molar-refractivity contribution in [3.8, 4) is 22.8 Å². The van der Waals surface area contributed by atoms with Gasteiger partial charge in [-0.3, -0.25) is 4.98 Å². The summed E-state index contributed by atoms with van der Waals surface area (Å²) in [4.78, 5) is 20.2. The molecule has 3 heterocycles. The van der Waals surface area contributed by atoms with E-state index < -0.39 is 0 Å². The van der Waals surface area contributed by atoms with Gasteiger partial charge >= 0.3 is 0 Å². The van der Waals surface area contributed by atoms with Crippen LogP contribution in [0.25, 0.3) is 22.3 Å². The van der Waals surface area contributed by atoms with E-state index in [4.69, 9.17) is 22.1 Å². The number of nitrogens with two attached hydrogens (primary N) is 1. The molecule has 152 valence electrons. The molecule has 2 aromatic carbocycles. The Bertz CT molecular complexity index is 1350. The van der Waals surface area contributed by atoms with Crippen molar-refractivity contribution < 1.29 is 4.74 Å². The van der Waals surface area contributed by atoms with Crippen molar-refractivity contribution in [2.75, 3.05) is 11.1 Å². The predicted octanol–water partition coefficient (Wildman–Crippen LogP) is 5.19. The predicted molar refractivity (Wildman–Crippen MR) is 121 cm³/mol. The van der Waals surface area contributed by atoms with Crippen molar-refractivity contribution >= 4 is 40.1 Å². The van der Waals surface area contributed by atoms with Crippen LogP contribution in [0.5, 0.6) is 11.6 Å². The summed E-state index contributed by atoms with van der Waals surface area (Å²) in [5.41, 5.74) is 10.2. The van der Waals surface area contributed by atoms with Crippen LogP contribution >= 0.6 is 11.6 Å². The van der Waals surface area contributed by atoms with Crippen molar-refractivity contribution in [2.45, 2.75) is 0 Å². The summed E-state index contributed by atoms with van der Waals surface area (Å²) in [6.45, 7) is 0. The van der Waals surface area contributed by atoms with E-state index >= 15 is 0 Å². The fourth-order valence-electron chi connectivity index (χ4n) is 3.04. The van der Waals surface area contributed by atoms with Crippen molar-refractivity contribution in [1.29, 1.82) is 0 Å². The number of aromatic amines is 1. The highest BCUT2D eigenvalue weighted by Gasteiger charge is 2.14. The largest absolute Gasteiger partial charge is 0.435 e. The lowest BCUT2D eigenvalue weighted by atomic mass is 10.1. The van der Waals surface area contributed by atoms with Crippen LogP contribution in [-0.4, -0.2) is 24.9 Å². The zero-order chi connectivity index (χ0) is 21.2. The molecule has 0 atom stereocenters. The van der Waals surface area contributed by atoms with Gasteiger partial charge in [-0.15, -0.1) is 0 Å². The third-order valence-corrected chi connectivity index (χ3v) is 4.87. The van der Waals surface area contributed by atoms with E-state index in [9.17, 15) is 0 Å². The maximum absolute atomic E-state index is 6.50. The number of nitrogen functional groups attached to an aromatic ring is 1. The second-order valence-corrected chi connectivity index (χ2v) is 7.09. The Labute approximate surface area is 182 Å². The molecular formula is C22H16ClN7O. The lowest BCUT2D eigenvalue weighted by Crippen LogP contribution is -2.00. The van der Waals surface area contributed by atoms with Crippen molar-refractivity contribution in [3.63, 3.8) is 0 Å². The minimum Gasteiger partial charge on any atom is -0.435 e. The number of H-pyrrole nitrogens is 1. The molecule has 0 aliphatic carbocycles. The molecule has 4 N–H and O–H groups in total. The highest BCUT2D eigenvalue weighted by atomic mass is 35.5.